The lowest BCUT2D eigenvalue weighted by Gasteiger charge is -2.22. The molecular weight excluding hydrogens is 226 g/mol. The van der Waals surface area contributed by atoms with E-state index in [1.54, 1.807) is 0 Å². The van der Waals surface area contributed by atoms with Crippen LogP contribution in [0.2, 0.25) is 0 Å². The summed E-state index contributed by atoms with van der Waals surface area (Å²) in [6, 6.07) is 8.86. The molecule has 2 heterocycles. The van der Waals surface area contributed by atoms with E-state index in [0.29, 0.717) is 6.04 Å². The molecular formula is C14H19N3O. The smallest absolute Gasteiger partial charge is 0.0958 e. The Morgan fingerprint density at radius 2 is 2.33 bits per heavy atom. The van der Waals surface area contributed by atoms with E-state index >= 15 is 0 Å². The van der Waals surface area contributed by atoms with Crippen molar-refractivity contribution in [2.24, 2.45) is 0 Å². The number of likely N-dealkylation sites (N-methyl/N-ethyl adjacent to an activating group) is 1. The van der Waals surface area contributed by atoms with Crippen LogP contribution >= 0.6 is 0 Å². The summed E-state index contributed by atoms with van der Waals surface area (Å²) in [5.41, 5.74) is 2.29. The van der Waals surface area contributed by atoms with Crippen LogP contribution in [0.3, 0.4) is 0 Å². The van der Waals surface area contributed by atoms with Crippen LogP contribution in [-0.2, 0) is 11.3 Å². The van der Waals surface area contributed by atoms with E-state index in [4.69, 9.17) is 4.74 Å². The summed E-state index contributed by atoms with van der Waals surface area (Å²) in [5, 5.41) is 0. The molecule has 3 rings (SSSR count). The van der Waals surface area contributed by atoms with Gasteiger partial charge in [0.1, 0.15) is 0 Å². The molecule has 0 aliphatic carbocycles. The van der Waals surface area contributed by atoms with Gasteiger partial charge in [-0.1, -0.05) is 12.1 Å². The molecule has 4 heteroatoms. The molecule has 1 aliphatic heterocycles. The molecule has 1 fully saturated rings. The van der Waals surface area contributed by atoms with E-state index in [1.165, 1.54) is 5.52 Å². The van der Waals surface area contributed by atoms with Gasteiger partial charge >= 0.3 is 0 Å². The molecule has 0 spiro atoms. The lowest BCUT2D eigenvalue weighted by atomic mass is 10.2. The van der Waals surface area contributed by atoms with E-state index in [0.717, 1.165) is 38.2 Å². The molecule has 1 aromatic carbocycles. The van der Waals surface area contributed by atoms with Crippen molar-refractivity contribution in [3.05, 3.63) is 30.6 Å². The minimum Gasteiger partial charge on any atom is -0.380 e. The quantitative estimate of drug-likeness (QED) is 0.822. The maximum absolute atomic E-state index is 5.42. The molecule has 1 unspecified atom stereocenters. The van der Waals surface area contributed by atoms with Gasteiger partial charge in [-0.05, 0) is 25.6 Å². The average molecular weight is 245 g/mol. The van der Waals surface area contributed by atoms with Crippen molar-refractivity contribution >= 4 is 11.0 Å². The summed E-state index contributed by atoms with van der Waals surface area (Å²) in [6.45, 7) is 3.80. The maximum atomic E-state index is 5.42. The van der Waals surface area contributed by atoms with Crippen molar-refractivity contribution in [1.82, 2.24) is 14.5 Å². The maximum Gasteiger partial charge on any atom is 0.0958 e. The summed E-state index contributed by atoms with van der Waals surface area (Å²) in [5.74, 6) is 0. The van der Waals surface area contributed by atoms with Crippen LogP contribution in [0.1, 0.15) is 6.42 Å². The number of hydrogen-bond acceptors (Lipinski definition) is 3. The second kappa shape index (κ2) is 5.08. The van der Waals surface area contributed by atoms with Gasteiger partial charge in [0.05, 0.1) is 24.0 Å². The fraction of sp³-hybridized carbons (Fsp3) is 0.500. The number of imidazole rings is 1. The van der Waals surface area contributed by atoms with Gasteiger partial charge in [-0.2, -0.15) is 0 Å². The molecule has 1 aliphatic rings. The number of fused-ring (bicyclic) bond motifs is 1. The van der Waals surface area contributed by atoms with Crippen molar-refractivity contribution < 1.29 is 4.74 Å². The minimum atomic E-state index is 0.583. The highest BCUT2D eigenvalue weighted by Crippen LogP contribution is 2.13. The molecule has 2 aromatic rings. The molecule has 0 radical (unpaired) electrons. The third kappa shape index (κ3) is 2.26. The van der Waals surface area contributed by atoms with Crippen LogP contribution in [-0.4, -0.2) is 47.3 Å². The number of rotatable bonds is 4. The van der Waals surface area contributed by atoms with E-state index in [1.807, 2.05) is 12.4 Å². The van der Waals surface area contributed by atoms with E-state index in [-0.39, 0.29) is 0 Å². The van der Waals surface area contributed by atoms with Crippen molar-refractivity contribution in [2.75, 3.05) is 26.8 Å². The lowest BCUT2D eigenvalue weighted by Crippen LogP contribution is -2.34. The van der Waals surface area contributed by atoms with Crippen LogP contribution in [0.4, 0.5) is 0 Å². The summed E-state index contributed by atoms with van der Waals surface area (Å²) in [6.07, 6.45) is 3.09. The van der Waals surface area contributed by atoms with Gasteiger partial charge in [-0.25, -0.2) is 4.98 Å². The Morgan fingerprint density at radius 1 is 1.44 bits per heavy atom. The van der Waals surface area contributed by atoms with Crippen LogP contribution in [0.25, 0.3) is 11.0 Å². The highest BCUT2D eigenvalue weighted by molar-refractivity contribution is 5.74. The summed E-state index contributed by atoms with van der Waals surface area (Å²) in [4.78, 5) is 6.80. The fourth-order valence-corrected chi connectivity index (χ4v) is 2.51. The third-order valence-corrected chi connectivity index (χ3v) is 3.75. The zero-order chi connectivity index (χ0) is 12.4. The van der Waals surface area contributed by atoms with Crippen LogP contribution in [0.15, 0.2) is 30.6 Å². The monoisotopic (exact) mass is 245 g/mol. The molecule has 0 N–H and O–H groups in total. The van der Waals surface area contributed by atoms with Crippen LogP contribution in [0.5, 0.6) is 0 Å². The summed E-state index contributed by atoms with van der Waals surface area (Å²) in [7, 11) is 2.18. The van der Waals surface area contributed by atoms with E-state index in [9.17, 15) is 0 Å². The van der Waals surface area contributed by atoms with E-state index < -0.39 is 0 Å². The normalized spacial score (nSPS) is 20.0. The highest BCUT2D eigenvalue weighted by Gasteiger charge is 2.19. The molecule has 1 saturated heterocycles. The van der Waals surface area contributed by atoms with Crippen molar-refractivity contribution in [1.29, 1.82) is 0 Å². The van der Waals surface area contributed by atoms with Crippen molar-refractivity contribution in [3.8, 4) is 0 Å². The van der Waals surface area contributed by atoms with Crippen molar-refractivity contribution in [3.63, 3.8) is 0 Å². The molecule has 0 bridgehead atoms. The SMILES string of the molecule is CN(CCn1cnc2ccccc21)C1CCOC1. The molecule has 1 atom stereocenters. The topological polar surface area (TPSA) is 30.3 Å². The first-order valence-corrected chi connectivity index (χ1v) is 6.52. The second-order valence-electron chi connectivity index (χ2n) is 4.92. The van der Waals surface area contributed by atoms with Gasteiger partial charge in [0, 0.05) is 25.7 Å². The predicted octanol–water partition coefficient (Wildman–Crippen LogP) is 1.76. The Kier molecular flexibility index (Phi) is 3.30. The van der Waals surface area contributed by atoms with E-state index in [2.05, 4.69) is 39.7 Å². The Labute approximate surface area is 107 Å². The molecule has 18 heavy (non-hydrogen) atoms. The van der Waals surface area contributed by atoms with Gasteiger partial charge in [-0.3, -0.25) is 4.90 Å². The molecule has 0 amide bonds. The van der Waals surface area contributed by atoms with Gasteiger partial charge in [0.2, 0.25) is 0 Å². The standard InChI is InChI=1S/C14H19N3O/c1-16(12-6-9-18-10-12)7-8-17-11-15-13-4-2-3-5-14(13)17/h2-5,11-12H,6-10H2,1H3. The van der Waals surface area contributed by atoms with Gasteiger partial charge in [0.25, 0.3) is 0 Å². The molecule has 0 saturated carbocycles. The Morgan fingerprint density at radius 3 is 3.17 bits per heavy atom. The van der Waals surface area contributed by atoms with Crippen LogP contribution in [0, 0.1) is 0 Å². The zero-order valence-corrected chi connectivity index (χ0v) is 10.7. The number of ether oxygens (including phenoxy) is 1. The summed E-state index contributed by atoms with van der Waals surface area (Å²) < 4.78 is 7.65. The molecule has 1 aromatic heterocycles. The third-order valence-electron chi connectivity index (χ3n) is 3.75. The number of para-hydroxylation sites is 2. The highest BCUT2D eigenvalue weighted by atomic mass is 16.5. The fourth-order valence-electron chi connectivity index (χ4n) is 2.51. The lowest BCUT2D eigenvalue weighted by molar-refractivity contribution is 0.157. The minimum absolute atomic E-state index is 0.583. The number of benzene rings is 1. The Hall–Kier alpha value is -1.39. The Bertz CT molecular complexity index is 516. The van der Waals surface area contributed by atoms with Crippen molar-refractivity contribution in [2.45, 2.75) is 19.0 Å². The number of aromatic nitrogens is 2. The second-order valence-corrected chi connectivity index (χ2v) is 4.92. The predicted molar refractivity (Wildman–Crippen MR) is 71.6 cm³/mol. The Balaban J connectivity index is 1.65. The first-order valence-electron chi connectivity index (χ1n) is 6.52. The number of hydrogen-bond donors (Lipinski definition) is 0. The molecule has 4 nitrogen and oxygen atoms in total. The molecule has 96 valence electrons. The average Bonchev–Trinajstić information content (AvgIpc) is 3.06. The van der Waals surface area contributed by atoms with Gasteiger partial charge < -0.3 is 9.30 Å². The summed E-state index contributed by atoms with van der Waals surface area (Å²) >= 11 is 0. The first kappa shape index (κ1) is 11.7. The van der Waals surface area contributed by atoms with Crippen LogP contribution < -0.4 is 0 Å². The van der Waals surface area contributed by atoms with Gasteiger partial charge in [0.15, 0.2) is 0 Å². The number of nitrogens with zero attached hydrogens (tertiary/aromatic N) is 3. The first-order chi connectivity index (χ1) is 8.84. The van der Waals surface area contributed by atoms with Gasteiger partial charge in [-0.15, -0.1) is 0 Å². The largest absolute Gasteiger partial charge is 0.380 e. The zero-order valence-electron chi connectivity index (χ0n) is 10.7.